The van der Waals surface area contributed by atoms with Gasteiger partial charge in [0.25, 0.3) is 0 Å². The maximum atomic E-state index is 12.3. The number of amides is 1. The first-order chi connectivity index (χ1) is 11.7. The van der Waals surface area contributed by atoms with Crippen LogP contribution in [0.2, 0.25) is 0 Å². The van der Waals surface area contributed by atoms with Gasteiger partial charge in [-0.05, 0) is 24.1 Å². The predicted molar refractivity (Wildman–Crippen MR) is 97.3 cm³/mol. The Bertz CT molecular complexity index is 632. The summed E-state index contributed by atoms with van der Waals surface area (Å²) >= 11 is 0. The quantitative estimate of drug-likeness (QED) is 0.740. The Morgan fingerprint density at radius 2 is 1.92 bits per heavy atom. The number of nitrogens with zero attached hydrogens (tertiary/aromatic N) is 1. The van der Waals surface area contributed by atoms with Gasteiger partial charge in [0.05, 0.1) is 13.7 Å². The van der Waals surface area contributed by atoms with Crippen LogP contribution in [0.15, 0.2) is 54.6 Å². The molecule has 0 saturated carbocycles. The molecule has 0 radical (unpaired) electrons. The van der Waals surface area contributed by atoms with Crippen molar-refractivity contribution in [2.24, 2.45) is 5.73 Å². The van der Waals surface area contributed by atoms with E-state index in [1.165, 1.54) is 5.56 Å². The van der Waals surface area contributed by atoms with Gasteiger partial charge in [0.2, 0.25) is 5.91 Å². The SMILES string of the molecule is COc1cccc(NC(=O)CN(CCN)CCc2ccccc2)c1. The van der Waals surface area contributed by atoms with Crippen molar-refractivity contribution in [2.75, 3.05) is 38.6 Å². The molecule has 0 saturated heterocycles. The monoisotopic (exact) mass is 327 g/mol. The third-order valence-electron chi connectivity index (χ3n) is 3.73. The van der Waals surface area contributed by atoms with Crippen LogP contribution in [-0.4, -0.2) is 44.1 Å². The molecule has 0 atom stereocenters. The fourth-order valence-electron chi connectivity index (χ4n) is 2.49. The van der Waals surface area contributed by atoms with Gasteiger partial charge in [-0.1, -0.05) is 36.4 Å². The van der Waals surface area contributed by atoms with E-state index in [0.717, 1.165) is 24.4 Å². The van der Waals surface area contributed by atoms with Crippen LogP contribution >= 0.6 is 0 Å². The number of carbonyl (C=O) groups is 1. The molecule has 0 bridgehead atoms. The molecule has 1 amide bonds. The first-order valence-corrected chi connectivity index (χ1v) is 8.11. The van der Waals surface area contributed by atoms with Gasteiger partial charge in [-0.25, -0.2) is 0 Å². The maximum Gasteiger partial charge on any atom is 0.238 e. The Hall–Kier alpha value is -2.37. The summed E-state index contributed by atoms with van der Waals surface area (Å²) < 4.78 is 5.17. The van der Waals surface area contributed by atoms with Gasteiger partial charge in [0, 0.05) is 31.4 Å². The van der Waals surface area contributed by atoms with Gasteiger partial charge < -0.3 is 15.8 Å². The number of rotatable bonds is 9. The maximum absolute atomic E-state index is 12.3. The molecule has 5 nitrogen and oxygen atoms in total. The zero-order valence-electron chi connectivity index (χ0n) is 14.1. The van der Waals surface area contributed by atoms with E-state index in [1.807, 2.05) is 36.4 Å². The number of methoxy groups -OCH3 is 1. The fourth-order valence-corrected chi connectivity index (χ4v) is 2.49. The number of nitrogens with two attached hydrogens (primary N) is 1. The van der Waals surface area contributed by atoms with Crippen LogP contribution in [0.4, 0.5) is 5.69 Å². The normalized spacial score (nSPS) is 10.6. The van der Waals surface area contributed by atoms with E-state index < -0.39 is 0 Å². The lowest BCUT2D eigenvalue weighted by atomic mass is 10.1. The molecule has 0 aliphatic carbocycles. The lowest BCUT2D eigenvalue weighted by Gasteiger charge is -2.21. The Morgan fingerprint density at radius 3 is 2.62 bits per heavy atom. The molecule has 0 aromatic heterocycles. The number of hydrogen-bond acceptors (Lipinski definition) is 4. The smallest absolute Gasteiger partial charge is 0.238 e. The summed E-state index contributed by atoms with van der Waals surface area (Å²) in [6.45, 7) is 2.34. The summed E-state index contributed by atoms with van der Waals surface area (Å²) in [5, 5.41) is 2.90. The number of carbonyl (C=O) groups excluding carboxylic acids is 1. The van der Waals surface area contributed by atoms with E-state index in [4.69, 9.17) is 10.5 Å². The van der Waals surface area contributed by atoms with Crippen molar-refractivity contribution >= 4 is 11.6 Å². The number of ether oxygens (including phenoxy) is 1. The highest BCUT2D eigenvalue weighted by atomic mass is 16.5. The van der Waals surface area contributed by atoms with Crippen molar-refractivity contribution in [2.45, 2.75) is 6.42 Å². The molecule has 5 heteroatoms. The Morgan fingerprint density at radius 1 is 1.12 bits per heavy atom. The number of nitrogens with one attached hydrogen (secondary N) is 1. The molecule has 0 spiro atoms. The Balaban J connectivity index is 1.87. The number of anilines is 1. The van der Waals surface area contributed by atoms with Gasteiger partial charge in [0.15, 0.2) is 0 Å². The summed E-state index contributed by atoms with van der Waals surface area (Å²) in [5.41, 5.74) is 7.66. The van der Waals surface area contributed by atoms with Crippen LogP contribution in [0.25, 0.3) is 0 Å². The Labute approximate surface area is 143 Å². The van der Waals surface area contributed by atoms with Crippen molar-refractivity contribution < 1.29 is 9.53 Å². The van der Waals surface area contributed by atoms with Crippen LogP contribution in [0.3, 0.4) is 0 Å². The topological polar surface area (TPSA) is 67.6 Å². The molecule has 2 rings (SSSR count). The zero-order valence-corrected chi connectivity index (χ0v) is 14.1. The van der Waals surface area contributed by atoms with Gasteiger partial charge in [-0.15, -0.1) is 0 Å². The second-order valence-corrected chi connectivity index (χ2v) is 5.58. The largest absolute Gasteiger partial charge is 0.497 e. The minimum absolute atomic E-state index is 0.0511. The van der Waals surface area contributed by atoms with E-state index in [1.54, 1.807) is 13.2 Å². The van der Waals surface area contributed by atoms with Gasteiger partial charge in [-0.2, -0.15) is 0 Å². The molecule has 0 fully saturated rings. The molecule has 2 aromatic rings. The van der Waals surface area contributed by atoms with Crippen molar-refractivity contribution in [1.82, 2.24) is 4.90 Å². The minimum atomic E-state index is -0.0511. The molecule has 128 valence electrons. The molecule has 0 aliphatic heterocycles. The van der Waals surface area contributed by atoms with Crippen LogP contribution in [0, 0.1) is 0 Å². The summed E-state index contributed by atoms with van der Waals surface area (Å²) in [4.78, 5) is 14.3. The summed E-state index contributed by atoms with van der Waals surface area (Å²) in [7, 11) is 1.60. The second-order valence-electron chi connectivity index (χ2n) is 5.58. The fraction of sp³-hybridized carbons (Fsp3) is 0.316. The van der Waals surface area contributed by atoms with E-state index in [9.17, 15) is 4.79 Å². The third kappa shape index (κ3) is 6.02. The standard InChI is InChI=1S/C19H25N3O2/c1-24-18-9-5-8-17(14-18)21-19(23)15-22(13-11-20)12-10-16-6-3-2-4-7-16/h2-9,14H,10-13,15,20H2,1H3,(H,21,23). The lowest BCUT2D eigenvalue weighted by molar-refractivity contribution is -0.117. The third-order valence-corrected chi connectivity index (χ3v) is 3.73. The molecule has 0 aliphatic rings. The second kappa shape index (κ2) is 9.70. The van der Waals surface area contributed by atoms with Crippen LogP contribution in [0.5, 0.6) is 5.75 Å². The average Bonchev–Trinajstić information content (AvgIpc) is 2.61. The number of benzene rings is 2. The van der Waals surface area contributed by atoms with E-state index in [2.05, 4.69) is 22.3 Å². The molecule has 0 unspecified atom stereocenters. The summed E-state index contributed by atoms with van der Waals surface area (Å²) in [6.07, 6.45) is 0.896. The van der Waals surface area contributed by atoms with E-state index in [0.29, 0.717) is 19.6 Å². The highest BCUT2D eigenvalue weighted by molar-refractivity contribution is 5.92. The Kier molecular flexibility index (Phi) is 7.26. The van der Waals surface area contributed by atoms with Crippen molar-refractivity contribution in [3.05, 3.63) is 60.2 Å². The number of hydrogen-bond donors (Lipinski definition) is 2. The van der Waals surface area contributed by atoms with Crippen LogP contribution < -0.4 is 15.8 Å². The van der Waals surface area contributed by atoms with Crippen molar-refractivity contribution in [3.63, 3.8) is 0 Å². The van der Waals surface area contributed by atoms with E-state index in [-0.39, 0.29) is 5.91 Å². The molecular formula is C19H25N3O2. The van der Waals surface area contributed by atoms with Gasteiger partial charge >= 0.3 is 0 Å². The summed E-state index contributed by atoms with van der Waals surface area (Å²) in [5.74, 6) is 0.667. The molecular weight excluding hydrogens is 302 g/mol. The first kappa shape index (κ1) is 18.0. The summed E-state index contributed by atoms with van der Waals surface area (Å²) in [6, 6.07) is 17.6. The van der Waals surface area contributed by atoms with Crippen molar-refractivity contribution in [3.8, 4) is 5.75 Å². The van der Waals surface area contributed by atoms with Gasteiger partial charge in [-0.3, -0.25) is 9.69 Å². The van der Waals surface area contributed by atoms with Crippen LogP contribution in [0.1, 0.15) is 5.56 Å². The zero-order chi connectivity index (χ0) is 17.2. The van der Waals surface area contributed by atoms with Gasteiger partial charge in [0.1, 0.15) is 5.75 Å². The predicted octanol–water partition coefficient (Wildman–Crippen LogP) is 2.14. The first-order valence-electron chi connectivity index (χ1n) is 8.11. The molecule has 3 N–H and O–H groups in total. The van der Waals surface area contributed by atoms with E-state index >= 15 is 0 Å². The van der Waals surface area contributed by atoms with Crippen LogP contribution in [-0.2, 0) is 11.2 Å². The highest BCUT2D eigenvalue weighted by Crippen LogP contribution is 2.16. The lowest BCUT2D eigenvalue weighted by Crippen LogP contribution is -2.37. The molecule has 24 heavy (non-hydrogen) atoms. The van der Waals surface area contributed by atoms with Crippen molar-refractivity contribution in [1.29, 1.82) is 0 Å². The average molecular weight is 327 g/mol. The molecule has 0 heterocycles. The highest BCUT2D eigenvalue weighted by Gasteiger charge is 2.11. The molecule has 2 aromatic carbocycles. The minimum Gasteiger partial charge on any atom is -0.497 e.